The minimum Gasteiger partial charge on any atom is -0.304 e. The average Bonchev–Trinajstić information content (AvgIpc) is 2.84. The molecular formula is C17H18ClN3. The first-order valence-electron chi connectivity index (χ1n) is 7.06. The third kappa shape index (κ3) is 2.42. The number of nitrogens with zero attached hydrogens (tertiary/aromatic N) is 3. The molecule has 2 heterocycles. The summed E-state index contributed by atoms with van der Waals surface area (Å²) in [5, 5.41) is 0. The number of halogens is 1. The van der Waals surface area contributed by atoms with Crippen LogP contribution in [-0.4, -0.2) is 14.5 Å². The molecular weight excluding hydrogens is 282 g/mol. The topological polar surface area (TPSA) is 30.7 Å². The Morgan fingerprint density at radius 3 is 2.71 bits per heavy atom. The van der Waals surface area contributed by atoms with Crippen molar-refractivity contribution in [2.24, 2.45) is 0 Å². The van der Waals surface area contributed by atoms with Gasteiger partial charge in [0.2, 0.25) is 0 Å². The Labute approximate surface area is 129 Å². The molecule has 4 heteroatoms. The Balaban J connectivity index is 2.21. The molecule has 1 unspecified atom stereocenters. The summed E-state index contributed by atoms with van der Waals surface area (Å²) in [6.45, 7) is 6.32. The molecule has 0 saturated heterocycles. The molecule has 3 rings (SSSR count). The third-order valence-corrected chi connectivity index (χ3v) is 4.12. The molecule has 1 atom stereocenters. The minimum absolute atomic E-state index is 0.153. The Hall–Kier alpha value is -1.87. The smallest absolute Gasteiger partial charge is 0.160 e. The zero-order valence-electron chi connectivity index (χ0n) is 12.5. The van der Waals surface area contributed by atoms with Crippen molar-refractivity contribution in [2.45, 2.75) is 32.7 Å². The fourth-order valence-corrected chi connectivity index (χ4v) is 3.01. The second kappa shape index (κ2) is 5.49. The number of rotatable bonds is 3. The fourth-order valence-electron chi connectivity index (χ4n) is 2.83. The van der Waals surface area contributed by atoms with E-state index in [0.717, 1.165) is 22.6 Å². The van der Waals surface area contributed by atoms with Crippen molar-refractivity contribution >= 4 is 22.8 Å². The van der Waals surface area contributed by atoms with E-state index in [9.17, 15) is 0 Å². The summed E-state index contributed by atoms with van der Waals surface area (Å²) in [5.74, 6) is 1.24. The molecule has 0 aliphatic heterocycles. The molecule has 2 aromatic heterocycles. The summed E-state index contributed by atoms with van der Waals surface area (Å²) in [6, 6.07) is 10.6. The first kappa shape index (κ1) is 14.1. The van der Waals surface area contributed by atoms with Gasteiger partial charge < -0.3 is 4.57 Å². The molecule has 0 saturated carbocycles. The molecule has 0 amide bonds. The van der Waals surface area contributed by atoms with E-state index in [4.69, 9.17) is 11.6 Å². The van der Waals surface area contributed by atoms with E-state index in [-0.39, 0.29) is 6.04 Å². The number of fused-ring (bicyclic) bond motifs is 1. The molecule has 0 fully saturated rings. The minimum atomic E-state index is 0.153. The normalized spacial score (nSPS) is 12.8. The van der Waals surface area contributed by atoms with Gasteiger partial charge in [0.25, 0.3) is 0 Å². The lowest BCUT2D eigenvalue weighted by Crippen LogP contribution is -2.11. The second-order valence-corrected chi connectivity index (χ2v) is 5.69. The van der Waals surface area contributed by atoms with Crippen LogP contribution >= 0.6 is 11.6 Å². The van der Waals surface area contributed by atoms with Crippen molar-refractivity contribution in [2.75, 3.05) is 0 Å². The van der Waals surface area contributed by atoms with Crippen molar-refractivity contribution in [3.05, 3.63) is 59.0 Å². The maximum absolute atomic E-state index is 6.10. The fraction of sp³-hybridized carbons (Fsp3) is 0.294. The van der Waals surface area contributed by atoms with Crippen molar-refractivity contribution in [3.63, 3.8) is 0 Å². The predicted molar refractivity (Wildman–Crippen MR) is 86.8 cm³/mol. The van der Waals surface area contributed by atoms with Crippen molar-refractivity contribution in [1.82, 2.24) is 14.5 Å². The number of alkyl halides is 1. The Kier molecular flexibility index (Phi) is 3.68. The van der Waals surface area contributed by atoms with Crippen LogP contribution in [0.3, 0.4) is 0 Å². The Bertz CT molecular complexity index is 792. The highest BCUT2D eigenvalue weighted by Gasteiger charge is 2.18. The number of imidazole rings is 1. The van der Waals surface area contributed by atoms with Crippen LogP contribution in [0.25, 0.3) is 11.2 Å². The molecule has 3 aromatic rings. The molecule has 0 bridgehead atoms. The van der Waals surface area contributed by atoms with Crippen LogP contribution in [0.1, 0.15) is 35.5 Å². The highest BCUT2D eigenvalue weighted by atomic mass is 35.5. The number of aryl methyl sites for hydroxylation is 2. The lowest BCUT2D eigenvalue weighted by Gasteiger charge is -2.18. The van der Waals surface area contributed by atoms with Crippen LogP contribution in [0, 0.1) is 13.8 Å². The lowest BCUT2D eigenvalue weighted by atomic mass is 10.0. The summed E-state index contributed by atoms with van der Waals surface area (Å²) in [4.78, 5) is 9.20. The van der Waals surface area contributed by atoms with Gasteiger partial charge in [-0.05, 0) is 43.5 Å². The lowest BCUT2D eigenvalue weighted by molar-refractivity contribution is 0.625. The molecule has 0 spiro atoms. The largest absolute Gasteiger partial charge is 0.304 e. The SMILES string of the molecule is Cc1cnc2c(c1)nc(CCl)n2C(C)c1ccccc1C. The van der Waals surface area contributed by atoms with Gasteiger partial charge in [-0.1, -0.05) is 24.3 Å². The van der Waals surface area contributed by atoms with Gasteiger partial charge in [-0.15, -0.1) is 11.6 Å². The summed E-state index contributed by atoms with van der Waals surface area (Å²) in [6.07, 6.45) is 1.88. The molecule has 1 aromatic carbocycles. The van der Waals surface area contributed by atoms with Crippen molar-refractivity contribution in [3.8, 4) is 0 Å². The van der Waals surface area contributed by atoms with E-state index in [0.29, 0.717) is 5.88 Å². The van der Waals surface area contributed by atoms with Crippen LogP contribution < -0.4 is 0 Å². The van der Waals surface area contributed by atoms with E-state index in [1.54, 1.807) is 0 Å². The Morgan fingerprint density at radius 1 is 1.24 bits per heavy atom. The second-order valence-electron chi connectivity index (χ2n) is 5.42. The van der Waals surface area contributed by atoms with Gasteiger partial charge in [-0.3, -0.25) is 0 Å². The zero-order valence-corrected chi connectivity index (χ0v) is 13.2. The average molecular weight is 300 g/mol. The quantitative estimate of drug-likeness (QED) is 0.671. The summed E-state index contributed by atoms with van der Waals surface area (Å²) >= 11 is 6.10. The highest BCUT2D eigenvalue weighted by molar-refractivity contribution is 6.16. The first-order chi connectivity index (χ1) is 10.1. The molecule has 0 aliphatic rings. The summed E-state index contributed by atoms with van der Waals surface area (Å²) in [7, 11) is 0. The molecule has 108 valence electrons. The van der Waals surface area contributed by atoms with Crippen molar-refractivity contribution < 1.29 is 0 Å². The predicted octanol–water partition coefficient (Wildman–Crippen LogP) is 4.40. The molecule has 0 N–H and O–H groups in total. The van der Waals surface area contributed by atoms with Crippen LogP contribution in [0.5, 0.6) is 0 Å². The first-order valence-corrected chi connectivity index (χ1v) is 7.60. The van der Waals surface area contributed by atoms with Gasteiger partial charge in [0, 0.05) is 6.20 Å². The maximum Gasteiger partial charge on any atom is 0.160 e. The number of hydrogen-bond donors (Lipinski definition) is 0. The van der Waals surface area contributed by atoms with E-state index in [1.807, 2.05) is 13.1 Å². The van der Waals surface area contributed by atoms with Crippen LogP contribution in [-0.2, 0) is 5.88 Å². The third-order valence-electron chi connectivity index (χ3n) is 3.89. The number of aromatic nitrogens is 3. The molecule has 0 aliphatic carbocycles. The maximum atomic E-state index is 6.10. The zero-order chi connectivity index (χ0) is 15.0. The van der Waals surface area contributed by atoms with Crippen LogP contribution in [0.2, 0.25) is 0 Å². The highest BCUT2D eigenvalue weighted by Crippen LogP contribution is 2.27. The molecule has 3 nitrogen and oxygen atoms in total. The monoisotopic (exact) mass is 299 g/mol. The number of pyridine rings is 1. The standard InChI is InChI=1S/C17H18ClN3/c1-11-8-15-17(19-10-11)21(16(9-18)20-15)13(3)14-7-5-4-6-12(14)2/h4-8,10,13H,9H2,1-3H3. The number of benzene rings is 1. The van der Waals surface area contributed by atoms with Gasteiger partial charge in [0.15, 0.2) is 5.65 Å². The number of hydrogen-bond acceptors (Lipinski definition) is 2. The molecule has 0 radical (unpaired) electrons. The van der Waals surface area contributed by atoms with Crippen LogP contribution in [0.15, 0.2) is 36.5 Å². The van der Waals surface area contributed by atoms with E-state index in [2.05, 4.69) is 58.7 Å². The van der Waals surface area contributed by atoms with Crippen molar-refractivity contribution in [1.29, 1.82) is 0 Å². The van der Waals surface area contributed by atoms with Gasteiger partial charge >= 0.3 is 0 Å². The molecule has 21 heavy (non-hydrogen) atoms. The van der Waals surface area contributed by atoms with Crippen LogP contribution in [0.4, 0.5) is 0 Å². The van der Waals surface area contributed by atoms with Gasteiger partial charge in [0.1, 0.15) is 11.3 Å². The van der Waals surface area contributed by atoms with Gasteiger partial charge in [0.05, 0.1) is 11.9 Å². The van der Waals surface area contributed by atoms with Gasteiger partial charge in [-0.25, -0.2) is 9.97 Å². The van der Waals surface area contributed by atoms with E-state index >= 15 is 0 Å². The van der Waals surface area contributed by atoms with E-state index in [1.165, 1.54) is 11.1 Å². The van der Waals surface area contributed by atoms with Gasteiger partial charge in [-0.2, -0.15) is 0 Å². The Morgan fingerprint density at radius 2 is 2.00 bits per heavy atom. The summed E-state index contributed by atoms with van der Waals surface area (Å²) in [5.41, 5.74) is 5.44. The van der Waals surface area contributed by atoms with E-state index < -0.39 is 0 Å². The summed E-state index contributed by atoms with van der Waals surface area (Å²) < 4.78 is 2.14.